The molecule has 0 radical (unpaired) electrons. The molecule has 24 heavy (non-hydrogen) atoms. The summed E-state index contributed by atoms with van der Waals surface area (Å²) < 4.78 is 5.72. The van der Waals surface area contributed by atoms with E-state index in [2.05, 4.69) is 52.4 Å². The summed E-state index contributed by atoms with van der Waals surface area (Å²) in [7, 11) is 1.82. The summed E-state index contributed by atoms with van der Waals surface area (Å²) in [4.78, 5) is 4.31. The van der Waals surface area contributed by atoms with Crippen LogP contribution in [0.25, 0.3) is 0 Å². The smallest absolute Gasteiger partial charge is 0.191 e. The highest BCUT2D eigenvalue weighted by Gasteiger charge is 2.29. The third-order valence-corrected chi connectivity index (χ3v) is 5.64. The monoisotopic (exact) mass is 345 g/mol. The molecule has 1 aliphatic rings. The Morgan fingerprint density at radius 3 is 2.79 bits per heavy atom. The molecule has 2 rings (SSSR count). The van der Waals surface area contributed by atoms with E-state index >= 15 is 0 Å². The summed E-state index contributed by atoms with van der Waals surface area (Å²) in [6.45, 7) is 4.43. The maximum absolute atomic E-state index is 5.38. The van der Waals surface area contributed by atoms with E-state index in [0.717, 1.165) is 31.2 Å². The van der Waals surface area contributed by atoms with Gasteiger partial charge in [-0.1, -0.05) is 18.1 Å². The van der Waals surface area contributed by atoms with Gasteiger partial charge in [0.2, 0.25) is 0 Å². The molecular formula is C19H27N3OS. The van der Waals surface area contributed by atoms with Crippen LogP contribution in [0.3, 0.4) is 0 Å². The van der Waals surface area contributed by atoms with Crippen LogP contribution >= 0.6 is 11.8 Å². The summed E-state index contributed by atoms with van der Waals surface area (Å²) in [6.07, 6.45) is 8.71. The maximum atomic E-state index is 5.38. The summed E-state index contributed by atoms with van der Waals surface area (Å²) in [5.74, 6) is 5.42. The van der Waals surface area contributed by atoms with Crippen LogP contribution in [-0.4, -0.2) is 43.2 Å². The Bertz CT molecular complexity index is 571. The van der Waals surface area contributed by atoms with Crippen LogP contribution in [0.5, 0.6) is 5.75 Å². The van der Waals surface area contributed by atoms with Crippen molar-refractivity contribution >= 4 is 17.7 Å². The Morgan fingerprint density at radius 2 is 2.17 bits per heavy atom. The molecule has 5 heteroatoms. The van der Waals surface area contributed by atoms with Gasteiger partial charge >= 0.3 is 0 Å². The number of terminal acetylenes is 1. The molecule has 1 atom stereocenters. The summed E-state index contributed by atoms with van der Waals surface area (Å²) in [5, 5.41) is 6.83. The fourth-order valence-corrected chi connectivity index (χ4v) is 3.91. The number of nitrogens with zero attached hydrogens (tertiary/aromatic N) is 1. The second-order valence-electron chi connectivity index (χ2n) is 6.14. The van der Waals surface area contributed by atoms with E-state index in [0.29, 0.717) is 11.4 Å². The number of guanidine groups is 1. The van der Waals surface area contributed by atoms with Gasteiger partial charge in [-0.05, 0) is 49.6 Å². The summed E-state index contributed by atoms with van der Waals surface area (Å²) in [6, 6.07) is 8.05. The average Bonchev–Trinajstić information content (AvgIpc) is 3.04. The third kappa shape index (κ3) is 6.01. The Balaban J connectivity index is 1.70. The van der Waals surface area contributed by atoms with Gasteiger partial charge in [-0.15, -0.1) is 6.42 Å². The van der Waals surface area contributed by atoms with Crippen LogP contribution in [0, 0.1) is 12.3 Å². The van der Waals surface area contributed by atoms with Crippen molar-refractivity contribution < 1.29 is 4.74 Å². The van der Waals surface area contributed by atoms with Gasteiger partial charge in [-0.25, -0.2) is 0 Å². The lowest BCUT2D eigenvalue weighted by Gasteiger charge is -2.24. The molecule has 1 saturated heterocycles. The first-order chi connectivity index (χ1) is 11.6. The van der Waals surface area contributed by atoms with Crippen molar-refractivity contribution in [1.29, 1.82) is 0 Å². The number of benzene rings is 1. The minimum Gasteiger partial charge on any atom is -0.481 e. The highest BCUT2D eigenvalue weighted by Crippen LogP contribution is 2.36. The number of thioether (sulfide) groups is 1. The minimum absolute atomic E-state index is 0.306. The highest BCUT2D eigenvalue weighted by atomic mass is 32.2. The van der Waals surface area contributed by atoms with Gasteiger partial charge in [0, 0.05) is 24.9 Å². The number of hydrogen-bond donors (Lipinski definition) is 2. The van der Waals surface area contributed by atoms with Crippen LogP contribution in [0.2, 0.25) is 0 Å². The molecule has 1 aliphatic heterocycles. The number of rotatable bonds is 7. The van der Waals surface area contributed by atoms with E-state index < -0.39 is 0 Å². The van der Waals surface area contributed by atoms with Crippen LogP contribution < -0.4 is 15.4 Å². The van der Waals surface area contributed by atoms with E-state index in [1.165, 1.54) is 24.2 Å². The molecule has 0 spiro atoms. The first-order valence-corrected chi connectivity index (χ1v) is 9.37. The topological polar surface area (TPSA) is 45.6 Å². The number of aliphatic imine (C=N–C) groups is 1. The summed E-state index contributed by atoms with van der Waals surface area (Å²) >= 11 is 2.06. The Kier molecular flexibility index (Phi) is 7.33. The average molecular weight is 346 g/mol. The Labute approximate surface area is 149 Å². The molecule has 1 unspecified atom stereocenters. The second-order valence-corrected chi connectivity index (χ2v) is 7.82. The number of ether oxygens (including phenoxy) is 1. The first-order valence-electron chi connectivity index (χ1n) is 8.39. The van der Waals surface area contributed by atoms with E-state index in [-0.39, 0.29) is 0 Å². The van der Waals surface area contributed by atoms with Gasteiger partial charge in [0.1, 0.15) is 12.4 Å². The molecule has 0 aliphatic carbocycles. The number of hydrogen-bond acceptors (Lipinski definition) is 3. The minimum atomic E-state index is 0.306. The lowest BCUT2D eigenvalue weighted by atomic mass is 10.1. The fraction of sp³-hybridized carbons (Fsp3) is 0.526. The molecule has 1 aromatic rings. The maximum Gasteiger partial charge on any atom is 0.191 e. The van der Waals surface area contributed by atoms with Crippen molar-refractivity contribution in [3.8, 4) is 18.1 Å². The normalized spacial score (nSPS) is 20.5. The van der Waals surface area contributed by atoms with Crippen molar-refractivity contribution in [2.45, 2.75) is 30.9 Å². The van der Waals surface area contributed by atoms with Gasteiger partial charge in [-0.3, -0.25) is 4.99 Å². The van der Waals surface area contributed by atoms with E-state index in [4.69, 9.17) is 11.2 Å². The molecular weight excluding hydrogens is 318 g/mol. The van der Waals surface area contributed by atoms with Gasteiger partial charge in [0.25, 0.3) is 0 Å². The Morgan fingerprint density at radius 1 is 1.38 bits per heavy atom. The van der Waals surface area contributed by atoms with Crippen molar-refractivity contribution in [2.75, 3.05) is 32.5 Å². The predicted molar refractivity (Wildman–Crippen MR) is 104 cm³/mol. The molecule has 1 heterocycles. The molecule has 0 bridgehead atoms. The van der Waals surface area contributed by atoms with Crippen LogP contribution in [0.1, 0.15) is 25.3 Å². The zero-order chi connectivity index (χ0) is 17.3. The number of nitrogens with one attached hydrogen (secondary N) is 2. The fourth-order valence-electron chi connectivity index (χ4n) is 2.67. The molecule has 130 valence electrons. The van der Waals surface area contributed by atoms with Crippen molar-refractivity contribution in [3.05, 3.63) is 29.8 Å². The highest BCUT2D eigenvalue weighted by molar-refractivity contribution is 8.00. The molecule has 1 fully saturated rings. The zero-order valence-electron chi connectivity index (χ0n) is 14.6. The molecule has 1 aromatic carbocycles. The van der Waals surface area contributed by atoms with Gasteiger partial charge in [0.15, 0.2) is 5.96 Å². The standard InChI is InChI=1S/C19H27N3OS/c1-4-13-23-17-8-6-16(7-9-17)10-12-21-18(20-3)22-15-19(2)11-5-14-24-19/h1,6-9H,5,10-15H2,2-3H3,(H2,20,21,22). The SMILES string of the molecule is C#CCOc1ccc(CCNC(=NC)NCC2(C)CCCS2)cc1. The van der Waals surface area contributed by atoms with Gasteiger partial charge in [-0.2, -0.15) is 11.8 Å². The Hall–Kier alpha value is -1.80. The lowest BCUT2D eigenvalue weighted by molar-refractivity contribution is 0.370. The molecule has 4 nitrogen and oxygen atoms in total. The van der Waals surface area contributed by atoms with Crippen molar-refractivity contribution in [3.63, 3.8) is 0 Å². The van der Waals surface area contributed by atoms with Crippen LogP contribution in [0.15, 0.2) is 29.3 Å². The molecule has 2 N–H and O–H groups in total. The van der Waals surface area contributed by atoms with Gasteiger partial charge < -0.3 is 15.4 Å². The largest absolute Gasteiger partial charge is 0.481 e. The van der Waals surface area contributed by atoms with Gasteiger partial charge in [0.05, 0.1) is 0 Å². The van der Waals surface area contributed by atoms with E-state index in [1.54, 1.807) is 0 Å². The predicted octanol–water partition coefficient (Wildman–Crippen LogP) is 2.69. The summed E-state index contributed by atoms with van der Waals surface area (Å²) in [5.41, 5.74) is 1.25. The third-order valence-electron chi connectivity index (χ3n) is 4.11. The second kappa shape index (κ2) is 9.48. The zero-order valence-corrected chi connectivity index (χ0v) is 15.4. The molecule has 0 aromatic heterocycles. The molecule has 0 saturated carbocycles. The lowest BCUT2D eigenvalue weighted by Crippen LogP contribution is -2.44. The van der Waals surface area contributed by atoms with Crippen LogP contribution in [0.4, 0.5) is 0 Å². The van der Waals surface area contributed by atoms with Crippen LogP contribution in [-0.2, 0) is 6.42 Å². The van der Waals surface area contributed by atoms with Crippen molar-refractivity contribution in [1.82, 2.24) is 10.6 Å². The first kappa shape index (κ1) is 18.5. The van der Waals surface area contributed by atoms with E-state index in [1.807, 2.05) is 19.2 Å². The molecule has 0 amide bonds. The van der Waals surface area contributed by atoms with E-state index in [9.17, 15) is 0 Å². The van der Waals surface area contributed by atoms with Crippen molar-refractivity contribution in [2.24, 2.45) is 4.99 Å². The quantitative estimate of drug-likeness (QED) is 0.453.